The lowest BCUT2D eigenvalue weighted by atomic mass is 10.4. The Morgan fingerprint density at radius 3 is 2.47 bits per heavy atom. The van der Waals surface area contributed by atoms with E-state index in [1.165, 1.54) is 23.5 Å². The largest absolute Gasteiger partial charge is 0.242 e. The fraction of sp³-hybridized carbons (Fsp3) is 0.0909. The quantitative estimate of drug-likeness (QED) is 0.835. The van der Waals surface area contributed by atoms with Crippen molar-refractivity contribution in [2.75, 3.05) is 0 Å². The van der Waals surface area contributed by atoms with Gasteiger partial charge in [-0.2, -0.15) is 0 Å². The highest BCUT2D eigenvalue weighted by Gasteiger charge is 2.20. The van der Waals surface area contributed by atoms with Gasteiger partial charge in [0.15, 0.2) is 0 Å². The first-order chi connectivity index (χ1) is 8.92. The van der Waals surface area contributed by atoms with E-state index in [9.17, 15) is 8.42 Å². The Labute approximate surface area is 130 Å². The topological polar surface area (TPSA) is 46.2 Å². The van der Waals surface area contributed by atoms with Crippen LogP contribution >= 0.6 is 46.1 Å². The summed E-state index contributed by atoms with van der Waals surface area (Å²) < 4.78 is 26.7. The van der Waals surface area contributed by atoms with Crippen LogP contribution in [0.3, 0.4) is 0 Å². The van der Waals surface area contributed by atoms with Gasteiger partial charge in [-0.05, 0) is 23.6 Å². The van der Waals surface area contributed by atoms with E-state index in [0.29, 0.717) is 0 Å². The lowest BCUT2D eigenvalue weighted by Crippen LogP contribution is -2.23. The number of hydrogen-bond donors (Lipinski definition) is 1. The van der Waals surface area contributed by atoms with E-state index in [1.807, 2.05) is 17.5 Å². The molecule has 0 bridgehead atoms. The molecule has 1 aromatic carbocycles. The van der Waals surface area contributed by atoms with Crippen molar-refractivity contribution in [1.82, 2.24) is 4.72 Å². The maximum atomic E-state index is 12.1. The average Bonchev–Trinajstić information content (AvgIpc) is 2.86. The summed E-state index contributed by atoms with van der Waals surface area (Å²) in [5, 5.41) is 2.04. The average molecular weight is 357 g/mol. The van der Waals surface area contributed by atoms with Gasteiger partial charge in [0.1, 0.15) is 4.90 Å². The molecule has 2 aromatic rings. The summed E-state index contributed by atoms with van der Waals surface area (Å²) in [7, 11) is -3.72. The number of halogens is 3. The SMILES string of the molecule is O=S(=O)(NCc1cccs1)c1ccc(Cl)c(Cl)c1Cl. The van der Waals surface area contributed by atoms with Gasteiger partial charge in [-0.25, -0.2) is 13.1 Å². The van der Waals surface area contributed by atoms with Gasteiger partial charge in [0.05, 0.1) is 15.1 Å². The van der Waals surface area contributed by atoms with Gasteiger partial charge < -0.3 is 0 Å². The molecule has 0 aliphatic heterocycles. The van der Waals surface area contributed by atoms with E-state index in [0.717, 1.165) is 4.88 Å². The summed E-state index contributed by atoms with van der Waals surface area (Å²) in [5.41, 5.74) is 0. The van der Waals surface area contributed by atoms with Crippen molar-refractivity contribution in [2.45, 2.75) is 11.4 Å². The highest BCUT2D eigenvalue weighted by Crippen LogP contribution is 2.34. The van der Waals surface area contributed by atoms with E-state index < -0.39 is 10.0 Å². The predicted octanol–water partition coefficient (Wildman–Crippen LogP) is 4.19. The molecule has 0 saturated heterocycles. The van der Waals surface area contributed by atoms with Gasteiger partial charge >= 0.3 is 0 Å². The third-order valence-corrected chi connectivity index (χ3v) is 6.03. The molecule has 19 heavy (non-hydrogen) atoms. The molecule has 0 spiro atoms. The zero-order chi connectivity index (χ0) is 14.0. The van der Waals surface area contributed by atoms with E-state index in [2.05, 4.69) is 4.72 Å². The number of thiophene rings is 1. The summed E-state index contributed by atoms with van der Waals surface area (Å²) in [5.74, 6) is 0. The van der Waals surface area contributed by atoms with Crippen molar-refractivity contribution >= 4 is 56.2 Å². The molecule has 0 radical (unpaired) electrons. The molecule has 3 nitrogen and oxygen atoms in total. The molecular formula is C11H8Cl3NO2S2. The van der Waals surface area contributed by atoms with Crippen molar-refractivity contribution in [3.05, 3.63) is 49.6 Å². The normalized spacial score (nSPS) is 11.7. The third kappa shape index (κ3) is 3.42. The van der Waals surface area contributed by atoms with E-state index in [-0.39, 0.29) is 26.5 Å². The summed E-state index contributed by atoms with van der Waals surface area (Å²) in [6.07, 6.45) is 0. The van der Waals surface area contributed by atoms with E-state index >= 15 is 0 Å². The molecule has 2 rings (SSSR count). The monoisotopic (exact) mass is 355 g/mol. The Bertz CT molecular complexity index is 684. The van der Waals surface area contributed by atoms with Gasteiger partial charge in [-0.3, -0.25) is 0 Å². The van der Waals surface area contributed by atoms with Crippen LogP contribution in [0.5, 0.6) is 0 Å². The van der Waals surface area contributed by atoms with Crippen molar-refractivity contribution in [2.24, 2.45) is 0 Å². The number of hydrogen-bond acceptors (Lipinski definition) is 3. The van der Waals surface area contributed by atoms with Crippen LogP contribution in [0, 0.1) is 0 Å². The summed E-state index contributed by atoms with van der Waals surface area (Å²) >= 11 is 19.0. The van der Waals surface area contributed by atoms with Crippen LogP contribution in [-0.2, 0) is 16.6 Å². The molecule has 0 fully saturated rings. The molecule has 0 unspecified atom stereocenters. The zero-order valence-electron chi connectivity index (χ0n) is 9.36. The van der Waals surface area contributed by atoms with Crippen LogP contribution in [0.4, 0.5) is 0 Å². The van der Waals surface area contributed by atoms with Crippen molar-refractivity contribution < 1.29 is 8.42 Å². The Balaban J connectivity index is 2.27. The first-order valence-electron chi connectivity index (χ1n) is 5.07. The van der Waals surface area contributed by atoms with Crippen LogP contribution < -0.4 is 4.72 Å². The van der Waals surface area contributed by atoms with Gasteiger partial charge in [-0.15, -0.1) is 11.3 Å². The molecule has 1 N–H and O–H groups in total. The second-order valence-electron chi connectivity index (χ2n) is 3.58. The number of nitrogens with one attached hydrogen (secondary N) is 1. The third-order valence-electron chi connectivity index (χ3n) is 2.31. The Morgan fingerprint density at radius 1 is 1.11 bits per heavy atom. The molecule has 102 valence electrons. The number of rotatable bonds is 4. The van der Waals surface area contributed by atoms with Gasteiger partial charge in [0.2, 0.25) is 10.0 Å². The molecule has 8 heteroatoms. The highest BCUT2D eigenvalue weighted by molar-refractivity contribution is 7.89. The molecule has 0 saturated carbocycles. The van der Waals surface area contributed by atoms with Gasteiger partial charge in [-0.1, -0.05) is 40.9 Å². The zero-order valence-corrected chi connectivity index (χ0v) is 13.3. The Hall–Kier alpha value is -0.300. The smallest absolute Gasteiger partial charge is 0.207 e. The van der Waals surface area contributed by atoms with Crippen LogP contribution in [0.2, 0.25) is 15.1 Å². The van der Waals surface area contributed by atoms with Gasteiger partial charge in [0.25, 0.3) is 0 Å². The molecule has 1 aromatic heterocycles. The van der Waals surface area contributed by atoms with Crippen LogP contribution in [0.15, 0.2) is 34.5 Å². The lowest BCUT2D eigenvalue weighted by Gasteiger charge is -2.09. The van der Waals surface area contributed by atoms with Crippen LogP contribution in [0.25, 0.3) is 0 Å². The molecule has 0 aliphatic carbocycles. The summed E-state index contributed by atoms with van der Waals surface area (Å²) in [6, 6.07) is 6.41. The minimum atomic E-state index is -3.72. The van der Waals surface area contributed by atoms with Crippen LogP contribution in [0.1, 0.15) is 4.88 Å². The minimum Gasteiger partial charge on any atom is -0.207 e. The second-order valence-corrected chi connectivity index (χ2v) is 7.51. The first-order valence-corrected chi connectivity index (χ1v) is 8.57. The summed E-state index contributed by atoms with van der Waals surface area (Å²) in [6.45, 7) is 0.205. The van der Waals surface area contributed by atoms with E-state index in [1.54, 1.807) is 0 Å². The maximum absolute atomic E-state index is 12.1. The minimum absolute atomic E-state index is 0.0299. The van der Waals surface area contributed by atoms with Crippen molar-refractivity contribution in [3.63, 3.8) is 0 Å². The Morgan fingerprint density at radius 2 is 1.84 bits per heavy atom. The van der Waals surface area contributed by atoms with Crippen molar-refractivity contribution in [3.8, 4) is 0 Å². The predicted molar refractivity (Wildman–Crippen MR) is 79.8 cm³/mol. The molecule has 0 aliphatic rings. The molecule has 1 heterocycles. The number of benzene rings is 1. The fourth-order valence-electron chi connectivity index (χ4n) is 1.37. The second kappa shape index (κ2) is 5.99. The first kappa shape index (κ1) is 15.1. The van der Waals surface area contributed by atoms with Crippen LogP contribution in [-0.4, -0.2) is 8.42 Å². The molecular weight excluding hydrogens is 349 g/mol. The van der Waals surface area contributed by atoms with Gasteiger partial charge in [0, 0.05) is 11.4 Å². The molecule has 0 atom stereocenters. The van der Waals surface area contributed by atoms with E-state index in [4.69, 9.17) is 34.8 Å². The van der Waals surface area contributed by atoms with Crippen molar-refractivity contribution in [1.29, 1.82) is 0 Å². The maximum Gasteiger partial charge on any atom is 0.242 e. The number of sulfonamides is 1. The fourth-order valence-corrected chi connectivity index (χ4v) is 4.09. The highest BCUT2D eigenvalue weighted by atomic mass is 35.5. The molecule has 0 amide bonds. The summed E-state index contributed by atoms with van der Waals surface area (Å²) in [4.78, 5) is 0.819. The Kier molecular flexibility index (Phi) is 4.76. The lowest BCUT2D eigenvalue weighted by molar-refractivity contribution is 0.582. The standard InChI is InChI=1S/C11H8Cl3NO2S2/c12-8-3-4-9(11(14)10(8)13)19(16,17)15-6-7-2-1-5-18-7/h1-5,15H,6H2.